The summed E-state index contributed by atoms with van der Waals surface area (Å²) in [6.45, 7) is 0. The third-order valence-corrected chi connectivity index (χ3v) is 2.73. The lowest BCUT2D eigenvalue weighted by Gasteiger charge is -2.05. The maximum Gasteiger partial charge on any atom is 0.446 e. The molecular formula is C18H14N2O8. The lowest BCUT2D eigenvalue weighted by atomic mass is 10.3. The number of rotatable bonds is 4. The van der Waals surface area contributed by atoms with Crippen molar-refractivity contribution in [3.63, 3.8) is 0 Å². The summed E-state index contributed by atoms with van der Waals surface area (Å²) in [5.74, 6) is -1.70. The van der Waals surface area contributed by atoms with Gasteiger partial charge in [0.25, 0.3) is 0 Å². The minimum Gasteiger partial charge on any atom is -0.408 e. The van der Waals surface area contributed by atoms with E-state index >= 15 is 0 Å². The molecule has 2 aromatic rings. The molecule has 144 valence electrons. The number of carbonyl (C=O) groups is 4. The highest BCUT2D eigenvalue weighted by molar-refractivity contribution is 5.92. The van der Waals surface area contributed by atoms with Crippen LogP contribution in [0.2, 0.25) is 0 Å². The molecule has 0 spiro atoms. The molecule has 2 aromatic carbocycles. The van der Waals surface area contributed by atoms with E-state index in [-0.39, 0.29) is 11.5 Å². The molecule has 0 bridgehead atoms. The summed E-state index contributed by atoms with van der Waals surface area (Å²) < 4.78 is 9.60. The maximum atomic E-state index is 11.4. The van der Waals surface area contributed by atoms with Gasteiger partial charge in [0.1, 0.15) is 11.5 Å². The van der Waals surface area contributed by atoms with Gasteiger partial charge in [-0.15, -0.1) is 11.0 Å². The van der Waals surface area contributed by atoms with E-state index in [1.54, 1.807) is 47.4 Å². The second-order valence-electron chi connectivity index (χ2n) is 4.78. The summed E-state index contributed by atoms with van der Waals surface area (Å²) in [6.07, 6.45) is -0.758. The first-order valence-electron chi connectivity index (χ1n) is 7.68. The van der Waals surface area contributed by atoms with Crippen molar-refractivity contribution in [1.82, 2.24) is 11.0 Å². The SMILES string of the molecule is O=C(C=CC(=O)ONC(=O)Oc1ccccc1)ONC(=O)Oc1ccccc1. The third kappa shape index (κ3) is 7.70. The Balaban J connectivity index is 1.65. The van der Waals surface area contributed by atoms with Crippen LogP contribution in [-0.4, -0.2) is 24.1 Å². The van der Waals surface area contributed by atoms with E-state index in [2.05, 4.69) is 9.68 Å². The minimum absolute atomic E-state index is 0.239. The maximum absolute atomic E-state index is 11.4. The Morgan fingerprint density at radius 2 is 0.964 bits per heavy atom. The van der Waals surface area contributed by atoms with Gasteiger partial charge in [-0.25, -0.2) is 19.2 Å². The zero-order valence-corrected chi connectivity index (χ0v) is 14.2. The molecular weight excluding hydrogens is 372 g/mol. The van der Waals surface area contributed by atoms with Crippen LogP contribution in [0, 0.1) is 0 Å². The van der Waals surface area contributed by atoms with Gasteiger partial charge in [-0.3, -0.25) is 0 Å². The molecule has 0 fully saturated rings. The second kappa shape index (κ2) is 10.6. The van der Waals surface area contributed by atoms with Gasteiger partial charge in [-0.05, 0) is 24.3 Å². The van der Waals surface area contributed by atoms with Crippen molar-refractivity contribution in [3.05, 3.63) is 72.8 Å². The largest absolute Gasteiger partial charge is 0.446 e. The molecule has 0 radical (unpaired) electrons. The highest BCUT2D eigenvalue weighted by Crippen LogP contribution is 2.08. The van der Waals surface area contributed by atoms with E-state index < -0.39 is 24.1 Å². The lowest BCUT2D eigenvalue weighted by molar-refractivity contribution is -0.145. The van der Waals surface area contributed by atoms with Crippen LogP contribution in [0.3, 0.4) is 0 Å². The standard InChI is InChI=1S/C18H14N2O8/c21-15(27-19-17(23)25-13-7-3-1-4-8-13)11-12-16(22)28-20-18(24)26-14-9-5-2-6-10-14/h1-12H,(H,19,23)(H,20,24). The van der Waals surface area contributed by atoms with Crippen molar-refractivity contribution in [3.8, 4) is 11.5 Å². The Morgan fingerprint density at radius 1 is 0.607 bits per heavy atom. The number of amides is 2. The summed E-state index contributed by atoms with van der Waals surface area (Å²) in [6, 6.07) is 16.1. The Labute approximate surface area is 158 Å². The van der Waals surface area contributed by atoms with Crippen molar-refractivity contribution in [1.29, 1.82) is 0 Å². The number of hydroxylamine groups is 2. The Hall–Kier alpha value is -4.34. The molecule has 0 saturated carbocycles. The van der Waals surface area contributed by atoms with Gasteiger partial charge in [0, 0.05) is 12.2 Å². The van der Waals surface area contributed by atoms with Crippen LogP contribution in [0.5, 0.6) is 11.5 Å². The summed E-state index contributed by atoms with van der Waals surface area (Å²) in [4.78, 5) is 54.3. The lowest BCUT2D eigenvalue weighted by Crippen LogP contribution is -2.30. The predicted molar refractivity (Wildman–Crippen MR) is 92.5 cm³/mol. The van der Waals surface area contributed by atoms with E-state index in [0.29, 0.717) is 12.2 Å². The molecule has 2 rings (SSSR count). The fourth-order valence-electron chi connectivity index (χ4n) is 1.62. The average molecular weight is 386 g/mol. The van der Waals surface area contributed by atoms with Gasteiger partial charge >= 0.3 is 24.1 Å². The third-order valence-electron chi connectivity index (χ3n) is 2.73. The zero-order chi connectivity index (χ0) is 20.2. The highest BCUT2D eigenvalue weighted by Gasteiger charge is 2.09. The quantitative estimate of drug-likeness (QED) is 0.603. The Bertz CT molecular complexity index is 781. The predicted octanol–water partition coefficient (Wildman–Crippen LogP) is 2.04. The summed E-state index contributed by atoms with van der Waals surface area (Å²) in [7, 11) is 0. The van der Waals surface area contributed by atoms with Crippen LogP contribution in [0.25, 0.3) is 0 Å². The molecule has 10 nitrogen and oxygen atoms in total. The van der Waals surface area contributed by atoms with E-state index in [1.807, 2.05) is 0 Å². The molecule has 0 aliphatic heterocycles. The van der Waals surface area contributed by atoms with E-state index in [9.17, 15) is 19.2 Å². The molecule has 0 aliphatic rings. The van der Waals surface area contributed by atoms with Crippen molar-refractivity contribution in [2.75, 3.05) is 0 Å². The van der Waals surface area contributed by atoms with Crippen molar-refractivity contribution >= 4 is 24.1 Å². The first kappa shape index (κ1) is 20.0. The minimum atomic E-state index is -1.09. The second-order valence-corrected chi connectivity index (χ2v) is 4.78. The molecule has 10 heteroatoms. The molecule has 2 N–H and O–H groups in total. The molecule has 28 heavy (non-hydrogen) atoms. The fraction of sp³-hybridized carbons (Fsp3) is 0. The summed E-state index contributed by atoms with van der Waals surface area (Å²) in [5, 5.41) is 0. The van der Waals surface area contributed by atoms with Gasteiger partial charge in [-0.1, -0.05) is 36.4 Å². The monoisotopic (exact) mass is 386 g/mol. The molecule has 2 amide bonds. The van der Waals surface area contributed by atoms with Crippen LogP contribution in [-0.2, 0) is 19.3 Å². The average Bonchev–Trinajstić information content (AvgIpc) is 2.70. The molecule has 0 aliphatic carbocycles. The van der Waals surface area contributed by atoms with Crippen LogP contribution in [0.15, 0.2) is 72.8 Å². The van der Waals surface area contributed by atoms with Crippen LogP contribution in [0.4, 0.5) is 9.59 Å². The first-order valence-corrected chi connectivity index (χ1v) is 7.68. The normalized spacial score (nSPS) is 9.86. The van der Waals surface area contributed by atoms with E-state index in [4.69, 9.17) is 9.47 Å². The number of nitrogens with one attached hydrogen (secondary N) is 2. The zero-order valence-electron chi connectivity index (χ0n) is 14.2. The molecule has 0 heterocycles. The van der Waals surface area contributed by atoms with Gasteiger partial charge in [-0.2, -0.15) is 0 Å². The number of carbonyl (C=O) groups excluding carboxylic acids is 4. The van der Waals surface area contributed by atoms with Gasteiger partial charge in [0.05, 0.1) is 0 Å². The highest BCUT2D eigenvalue weighted by atomic mass is 16.7. The molecule has 0 atom stereocenters. The van der Waals surface area contributed by atoms with Crippen molar-refractivity contribution in [2.24, 2.45) is 0 Å². The van der Waals surface area contributed by atoms with Crippen molar-refractivity contribution < 1.29 is 38.3 Å². The number of para-hydroxylation sites is 2. The Morgan fingerprint density at radius 3 is 1.32 bits per heavy atom. The Kier molecular flexibility index (Phi) is 7.57. The van der Waals surface area contributed by atoms with E-state index in [0.717, 1.165) is 0 Å². The van der Waals surface area contributed by atoms with Crippen molar-refractivity contribution in [2.45, 2.75) is 0 Å². The molecule has 0 aromatic heterocycles. The fourth-order valence-corrected chi connectivity index (χ4v) is 1.62. The number of ether oxygens (including phenoxy) is 2. The van der Waals surface area contributed by atoms with Gasteiger partial charge in [0.15, 0.2) is 0 Å². The number of hydrogen-bond donors (Lipinski definition) is 2. The topological polar surface area (TPSA) is 129 Å². The first-order chi connectivity index (χ1) is 13.5. The van der Waals surface area contributed by atoms with Crippen LogP contribution >= 0.6 is 0 Å². The van der Waals surface area contributed by atoms with Gasteiger partial charge < -0.3 is 19.1 Å². The molecule has 0 unspecified atom stereocenters. The number of benzene rings is 2. The number of hydrogen-bond acceptors (Lipinski definition) is 8. The summed E-state index contributed by atoms with van der Waals surface area (Å²) in [5.41, 5.74) is 3.46. The van der Waals surface area contributed by atoms with Gasteiger partial charge in [0.2, 0.25) is 0 Å². The van der Waals surface area contributed by atoms with Crippen LogP contribution in [0.1, 0.15) is 0 Å². The van der Waals surface area contributed by atoms with E-state index in [1.165, 1.54) is 24.3 Å². The summed E-state index contributed by atoms with van der Waals surface area (Å²) >= 11 is 0. The smallest absolute Gasteiger partial charge is 0.408 e. The van der Waals surface area contributed by atoms with Crippen LogP contribution < -0.4 is 20.4 Å². The molecule has 0 saturated heterocycles.